The van der Waals surface area contributed by atoms with Gasteiger partial charge in [0.05, 0.1) is 6.10 Å². The summed E-state index contributed by atoms with van der Waals surface area (Å²) in [6.07, 6.45) is -4.01. The number of aliphatic hydroxyl groups is 1. The van der Waals surface area contributed by atoms with Crippen LogP contribution in [0.15, 0.2) is 0 Å². The van der Waals surface area contributed by atoms with Gasteiger partial charge in [0.1, 0.15) is 6.04 Å². The van der Waals surface area contributed by atoms with Crippen molar-refractivity contribution in [1.29, 1.82) is 0 Å². The van der Waals surface area contributed by atoms with E-state index in [9.17, 15) is 19.5 Å². The molecule has 0 saturated carbocycles. The van der Waals surface area contributed by atoms with Crippen molar-refractivity contribution in [1.82, 2.24) is 5.32 Å². The number of ether oxygens (including phenoxy) is 3. The lowest BCUT2D eigenvalue weighted by Gasteiger charge is -2.42. The minimum atomic E-state index is -1.37. The largest absolute Gasteiger partial charge is 0.456 e. The number of amides is 1. The first-order valence-electron chi connectivity index (χ1n) is 6.17. The van der Waals surface area contributed by atoms with Crippen LogP contribution in [0.1, 0.15) is 27.7 Å². The average molecular weight is 289 g/mol. The molecule has 0 aliphatic carbocycles. The first kappa shape index (κ1) is 16.4. The summed E-state index contributed by atoms with van der Waals surface area (Å²) in [6, 6.07) is -1.02. The molecule has 1 rings (SSSR count). The first-order chi connectivity index (χ1) is 9.22. The number of rotatable bonds is 3. The van der Waals surface area contributed by atoms with Crippen LogP contribution in [0.2, 0.25) is 0 Å². The third kappa shape index (κ3) is 4.17. The highest BCUT2D eigenvalue weighted by Crippen LogP contribution is 2.25. The highest BCUT2D eigenvalue weighted by atomic mass is 16.7. The molecule has 8 nitrogen and oxygen atoms in total. The number of carbonyl (C=O) groups is 3. The summed E-state index contributed by atoms with van der Waals surface area (Å²) in [5.74, 6) is -1.64. The van der Waals surface area contributed by atoms with E-state index in [2.05, 4.69) is 5.32 Å². The van der Waals surface area contributed by atoms with Crippen molar-refractivity contribution in [3.63, 3.8) is 0 Å². The van der Waals surface area contributed by atoms with Gasteiger partial charge in [-0.05, 0) is 6.92 Å². The van der Waals surface area contributed by atoms with E-state index in [0.29, 0.717) is 0 Å². The maximum atomic E-state index is 11.2. The number of esters is 2. The van der Waals surface area contributed by atoms with Crippen molar-refractivity contribution in [2.45, 2.75) is 58.3 Å². The molecule has 2 N–H and O–H groups in total. The van der Waals surface area contributed by atoms with E-state index in [-0.39, 0.29) is 0 Å². The molecule has 1 aliphatic heterocycles. The van der Waals surface area contributed by atoms with Gasteiger partial charge in [-0.2, -0.15) is 0 Å². The molecule has 0 unspecified atom stereocenters. The predicted molar refractivity (Wildman–Crippen MR) is 65.3 cm³/mol. The molecule has 1 aliphatic rings. The summed E-state index contributed by atoms with van der Waals surface area (Å²) in [6.45, 7) is 5.20. The molecule has 0 spiro atoms. The minimum absolute atomic E-state index is 0.439. The molecule has 0 radical (unpaired) electrons. The number of hydrogen-bond donors (Lipinski definition) is 2. The molecule has 8 heteroatoms. The van der Waals surface area contributed by atoms with Gasteiger partial charge in [0.2, 0.25) is 5.91 Å². The molecule has 1 heterocycles. The van der Waals surface area contributed by atoms with Crippen LogP contribution in [-0.2, 0) is 28.6 Å². The van der Waals surface area contributed by atoms with Gasteiger partial charge in [-0.25, -0.2) is 0 Å². The Labute approximate surface area is 116 Å². The van der Waals surface area contributed by atoms with E-state index in [1.165, 1.54) is 20.8 Å². The quantitative estimate of drug-likeness (QED) is 0.647. The van der Waals surface area contributed by atoms with Crippen LogP contribution in [0.3, 0.4) is 0 Å². The smallest absolute Gasteiger partial charge is 0.303 e. The Balaban J connectivity index is 3.01. The van der Waals surface area contributed by atoms with Crippen molar-refractivity contribution >= 4 is 17.8 Å². The Bertz CT molecular complexity index is 369. The van der Waals surface area contributed by atoms with Gasteiger partial charge in [0, 0.05) is 20.8 Å². The molecule has 0 aromatic carbocycles. The fourth-order valence-electron chi connectivity index (χ4n) is 2.09. The zero-order valence-corrected chi connectivity index (χ0v) is 11.8. The van der Waals surface area contributed by atoms with Crippen LogP contribution in [0, 0.1) is 0 Å². The maximum Gasteiger partial charge on any atom is 0.303 e. The van der Waals surface area contributed by atoms with Gasteiger partial charge in [0.15, 0.2) is 18.5 Å². The normalized spacial score (nSPS) is 33.1. The van der Waals surface area contributed by atoms with E-state index in [4.69, 9.17) is 14.2 Å². The summed E-state index contributed by atoms with van der Waals surface area (Å²) in [4.78, 5) is 33.5. The SMILES string of the molecule is CC(=O)N[C@@H]1[C@@H](OC(C)=O)[C@@H](OC(C)=O)[C@@H](C)O[C@@H]1O. The Morgan fingerprint density at radius 2 is 1.55 bits per heavy atom. The molecular weight excluding hydrogens is 270 g/mol. The van der Waals surface area contributed by atoms with Crippen LogP contribution in [-0.4, -0.2) is 53.6 Å². The van der Waals surface area contributed by atoms with Crippen molar-refractivity contribution in [2.24, 2.45) is 0 Å². The minimum Gasteiger partial charge on any atom is -0.456 e. The van der Waals surface area contributed by atoms with Crippen LogP contribution in [0.4, 0.5) is 0 Å². The first-order valence-corrected chi connectivity index (χ1v) is 6.17. The highest BCUT2D eigenvalue weighted by molar-refractivity contribution is 5.73. The Morgan fingerprint density at radius 3 is 2.00 bits per heavy atom. The Hall–Kier alpha value is -1.67. The zero-order valence-electron chi connectivity index (χ0n) is 11.8. The number of hydrogen-bond acceptors (Lipinski definition) is 7. The predicted octanol–water partition coefficient (Wildman–Crippen LogP) is -0.908. The summed E-state index contributed by atoms with van der Waals surface area (Å²) in [5.41, 5.74) is 0. The zero-order chi connectivity index (χ0) is 15.4. The van der Waals surface area contributed by atoms with Crippen LogP contribution in [0.5, 0.6) is 0 Å². The molecule has 20 heavy (non-hydrogen) atoms. The standard InChI is InChI=1S/C12H19NO7/c1-5-10(19-7(3)15)11(20-8(4)16)9(12(17)18-5)13-6(2)14/h5,9-12,17H,1-4H3,(H,13,14)/t5-,9-,10+,11-,12+/m1/s1. The fraction of sp³-hybridized carbons (Fsp3) is 0.750. The molecule has 1 saturated heterocycles. The Kier molecular flexibility index (Phi) is 5.46. The van der Waals surface area contributed by atoms with E-state index in [1.54, 1.807) is 6.92 Å². The van der Waals surface area contributed by atoms with Crippen molar-refractivity contribution in [2.75, 3.05) is 0 Å². The van der Waals surface area contributed by atoms with Gasteiger partial charge >= 0.3 is 11.9 Å². The summed E-state index contributed by atoms with van der Waals surface area (Å²) < 4.78 is 15.4. The lowest BCUT2D eigenvalue weighted by atomic mass is 9.97. The monoisotopic (exact) mass is 289 g/mol. The van der Waals surface area contributed by atoms with E-state index >= 15 is 0 Å². The molecular formula is C12H19NO7. The van der Waals surface area contributed by atoms with Gasteiger partial charge in [-0.3, -0.25) is 14.4 Å². The summed E-state index contributed by atoms with van der Waals surface area (Å²) in [5, 5.41) is 12.3. The number of aliphatic hydroxyl groups excluding tert-OH is 1. The molecule has 114 valence electrons. The van der Waals surface area contributed by atoms with Gasteiger partial charge < -0.3 is 24.6 Å². The molecule has 1 fully saturated rings. The van der Waals surface area contributed by atoms with Crippen molar-refractivity contribution < 1.29 is 33.7 Å². The second-order valence-electron chi connectivity index (χ2n) is 4.61. The van der Waals surface area contributed by atoms with Gasteiger partial charge in [0.25, 0.3) is 0 Å². The topological polar surface area (TPSA) is 111 Å². The molecule has 0 bridgehead atoms. The third-order valence-electron chi connectivity index (χ3n) is 2.78. The van der Waals surface area contributed by atoms with Gasteiger partial charge in [-0.15, -0.1) is 0 Å². The molecule has 0 aromatic heterocycles. The van der Waals surface area contributed by atoms with Crippen LogP contribution in [0.25, 0.3) is 0 Å². The lowest BCUT2D eigenvalue weighted by Crippen LogP contribution is -2.64. The van der Waals surface area contributed by atoms with E-state index in [0.717, 1.165) is 0 Å². The maximum absolute atomic E-state index is 11.2. The lowest BCUT2D eigenvalue weighted by molar-refractivity contribution is -0.253. The van der Waals surface area contributed by atoms with Crippen molar-refractivity contribution in [3.8, 4) is 0 Å². The second-order valence-corrected chi connectivity index (χ2v) is 4.61. The fourth-order valence-corrected chi connectivity index (χ4v) is 2.09. The third-order valence-corrected chi connectivity index (χ3v) is 2.78. The van der Waals surface area contributed by atoms with Crippen LogP contribution >= 0.6 is 0 Å². The van der Waals surface area contributed by atoms with Crippen LogP contribution < -0.4 is 5.32 Å². The number of nitrogens with one attached hydrogen (secondary N) is 1. The van der Waals surface area contributed by atoms with E-state index in [1.807, 2.05) is 0 Å². The highest BCUT2D eigenvalue weighted by Gasteiger charge is 2.48. The average Bonchev–Trinajstić information content (AvgIpc) is 2.27. The van der Waals surface area contributed by atoms with Gasteiger partial charge in [-0.1, -0.05) is 0 Å². The molecule has 0 aromatic rings. The summed E-state index contributed by atoms with van der Waals surface area (Å²) >= 11 is 0. The second kappa shape index (κ2) is 6.67. The molecule has 5 atom stereocenters. The number of carbonyl (C=O) groups excluding carboxylic acids is 3. The van der Waals surface area contributed by atoms with E-state index < -0.39 is 48.5 Å². The van der Waals surface area contributed by atoms with Crippen molar-refractivity contribution in [3.05, 3.63) is 0 Å². The Morgan fingerprint density at radius 1 is 1.05 bits per heavy atom. The summed E-state index contributed by atoms with van der Waals surface area (Å²) in [7, 11) is 0. The molecule has 1 amide bonds.